The van der Waals surface area contributed by atoms with Crippen LogP contribution in [0.2, 0.25) is 0 Å². The highest BCUT2D eigenvalue weighted by molar-refractivity contribution is 5.95. The zero-order valence-electron chi connectivity index (χ0n) is 16.7. The van der Waals surface area contributed by atoms with Gasteiger partial charge in [0.05, 0.1) is 5.41 Å². The van der Waals surface area contributed by atoms with Gasteiger partial charge in [0.2, 0.25) is 5.69 Å². The predicted octanol–water partition coefficient (Wildman–Crippen LogP) is 5.00. The Morgan fingerprint density at radius 1 is 0.828 bits per heavy atom. The summed E-state index contributed by atoms with van der Waals surface area (Å²) in [5.74, 6) is -0.765. The maximum atomic E-state index is 11.3. The van der Waals surface area contributed by atoms with Crippen molar-refractivity contribution in [2.75, 3.05) is 6.54 Å². The molecule has 0 aliphatic carbocycles. The third-order valence-corrected chi connectivity index (χ3v) is 6.05. The van der Waals surface area contributed by atoms with Gasteiger partial charge < -0.3 is 5.11 Å². The Hall–Kier alpha value is -3.20. The van der Waals surface area contributed by atoms with Crippen LogP contribution in [-0.2, 0) is 23.1 Å². The molecule has 0 aromatic heterocycles. The van der Waals surface area contributed by atoms with Crippen molar-refractivity contribution in [1.29, 1.82) is 0 Å². The van der Waals surface area contributed by atoms with Gasteiger partial charge >= 0.3 is 5.97 Å². The molecule has 3 aromatic rings. The van der Waals surface area contributed by atoms with Gasteiger partial charge in [0.1, 0.15) is 6.42 Å². The summed E-state index contributed by atoms with van der Waals surface area (Å²) < 4.78 is 2.22. The van der Waals surface area contributed by atoms with Crippen LogP contribution in [0.3, 0.4) is 0 Å². The highest BCUT2D eigenvalue weighted by atomic mass is 16.4. The van der Waals surface area contributed by atoms with E-state index in [9.17, 15) is 9.90 Å². The van der Waals surface area contributed by atoms with Crippen molar-refractivity contribution in [3.8, 4) is 0 Å². The van der Waals surface area contributed by atoms with Crippen LogP contribution in [0.5, 0.6) is 0 Å². The number of benzene rings is 3. The molecule has 3 heteroatoms. The average Bonchev–Trinajstić information content (AvgIpc) is 2.96. The highest BCUT2D eigenvalue weighted by Crippen LogP contribution is 2.44. The molecule has 0 amide bonds. The average molecular weight is 384 g/mol. The van der Waals surface area contributed by atoms with Crippen LogP contribution in [0, 0.1) is 0 Å². The van der Waals surface area contributed by atoms with E-state index in [4.69, 9.17) is 0 Å². The van der Waals surface area contributed by atoms with Gasteiger partial charge in [0, 0.05) is 18.6 Å². The Kier molecular flexibility index (Phi) is 5.30. The minimum Gasteiger partial charge on any atom is -0.481 e. The van der Waals surface area contributed by atoms with Gasteiger partial charge in [-0.15, -0.1) is 0 Å². The Morgan fingerprint density at radius 3 is 1.90 bits per heavy atom. The van der Waals surface area contributed by atoms with E-state index >= 15 is 0 Å². The van der Waals surface area contributed by atoms with Gasteiger partial charge in [-0.1, -0.05) is 78.9 Å². The van der Waals surface area contributed by atoms with E-state index < -0.39 is 5.97 Å². The maximum absolute atomic E-state index is 11.3. The molecule has 29 heavy (non-hydrogen) atoms. The standard InChI is InChI=1S/C26H25NO2/c1-20-26(18-21-10-4-2-5-11-21,19-22-12-6-3-7-13-22)23-14-8-9-15-24(23)27(20)17-16-25(28)29/h2-15H,16-19H2,1H3/p+1. The minimum atomic E-state index is -0.765. The van der Waals surface area contributed by atoms with E-state index in [2.05, 4.69) is 78.2 Å². The summed E-state index contributed by atoms with van der Waals surface area (Å²) in [6.45, 7) is 2.66. The van der Waals surface area contributed by atoms with Gasteiger partial charge in [-0.05, 0) is 24.0 Å². The number of nitrogens with zero attached hydrogens (tertiary/aromatic N) is 1. The summed E-state index contributed by atoms with van der Waals surface area (Å²) >= 11 is 0. The van der Waals surface area contributed by atoms with Crippen molar-refractivity contribution in [1.82, 2.24) is 0 Å². The van der Waals surface area contributed by atoms with E-state index in [1.807, 2.05) is 18.2 Å². The third-order valence-electron chi connectivity index (χ3n) is 6.05. The fraction of sp³-hybridized carbons (Fsp3) is 0.231. The van der Waals surface area contributed by atoms with Crippen molar-refractivity contribution < 1.29 is 14.5 Å². The second kappa shape index (κ2) is 8.04. The summed E-state index contributed by atoms with van der Waals surface area (Å²) in [5, 5.41) is 9.27. The molecule has 0 saturated heterocycles. The largest absolute Gasteiger partial charge is 0.481 e. The van der Waals surface area contributed by atoms with Crippen molar-refractivity contribution in [3.63, 3.8) is 0 Å². The molecular weight excluding hydrogens is 358 g/mol. The molecule has 3 nitrogen and oxygen atoms in total. The van der Waals surface area contributed by atoms with Crippen LogP contribution in [0.15, 0.2) is 84.9 Å². The van der Waals surface area contributed by atoms with Crippen molar-refractivity contribution in [2.24, 2.45) is 0 Å². The van der Waals surface area contributed by atoms with Gasteiger partial charge in [-0.25, -0.2) is 0 Å². The monoisotopic (exact) mass is 384 g/mol. The molecule has 1 aliphatic rings. The lowest BCUT2D eigenvalue weighted by Crippen LogP contribution is -2.38. The lowest BCUT2D eigenvalue weighted by atomic mass is 9.69. The normalized spacial score (nSPS) is 14.7. The van der Waals surface area contributed by atoms with Crippen LogP contribution in [0.1, 0.15) is 30.0 Å². The predicted molar refractivity (Wildman–Crippen MR) is 116 cm³/mol. The number of hydrogen-bond donors (Lipinski definition) is 1. The lowest BCUT2D eigenvalue weighted by Gasteiger charge is -2.28. The molecule has 0 unspecified atom stereocenters. The molecule has 0 radical (unpaired) electrons. The lowest BCUT2D eigenvalue weighted by molar-refractivity contribution is -0.438. The number of fused-ring (bicyclic) bond motifs is 1. The Balaban J connectivity index is 1.86. The molecule has 0 bridgehead atoms. The number of para-hydroxylation sites is 1. The molecule has 1 aliphatic heterocycles. The van der Waals surface area contributed by atoms with Gasteiger partial charge in [-0.2, -0.15) is 4.58 Å². The second-order valence-electron chi connectivity index (χ2n) is 7.80. The molecule has 1 heterocycles. The van der Waals surface area contributed by atoms with Crippen LogP contribution < -0.4 is 0 Å². The van der Waals surface area contributed by atoms with E-state index in [1.165, 1.54) is 22.4 Å². The molecule has 0 saturated carbocycles. The van der Waals surface area contributed by atoms with Crippen molar-refractivity contribution in [2.45, 2.75) is 31.6 Å². The Labute approximate surface area is 172 Å². The van der Waals surface area contributed by atoms with E-state index in [0.29, 0.717) is 6.54 Å². The molecule has 0 fully saturated rings. The summed E-state index contributed by atoms with van der Waals surface area (Å²) in [4.78, 5) is 11.3. The molecule has 146 valence electrons. The van der Waals surface area contributed by atoms with Gasteiger partial charge in [0.25, 0.3) is 0 Å². The van der Waals surface area contributed by atoms with E-state index in [-0.39, 0.29) is 11.8 Å². The smallest absolute Gasteiger partial charge is 0.309 e. The van der Waals surface area contributed by atoms with Crippen molar-refractivity contribution in [3.05, 3.63) is 102 Å². The number of rotatable bonds is 7. The SMILES string of the molecule is CC1=[N+](CCC(=O)O)c2ccccc2C1(Cc1ccccc1)Cc1ccccc1. The summed E-state index contributed by atoms with van der Waals surface area (Å²) in [7, 11) is 0. The quantitative estimate of drug-likeness (QED) is 0.582. The number of carboxylic acid groups (broad SMARTS) is 1. The molecule has 1 N–H and O–H groups in total. The molecule has 3 aromatic carbocycles. The number of carbonyl (C=O) groups is 1. The first-order valence-electron chi connectivity index (χ1n) is 10.1. The fourth-order valence-corrected chi connectivity index (χ4v) is 4.64. The number of hydrogen-bond acceptors (Lipinski definition) is 1. The Bertz CT molecular complexity index is 997. The number of aliphatic carboxylic acids is 1. The fourth-order valence-electron chi connectivity index (χ4n) is 4.64. The van der Waals surface area contributed by atoms with Gasteiger partial charge in [-0.3, -0.25) is 4.79 Å². The van der Waals surface area contributed by atoms with E-state index in [1.54, 1.807) is 0 Å². The first-order chi connectivity index (χ1) is 14.1. The topological polar surface area (TPSA) is 40.3 Å². The maximum Gasteiger partial charge on any atom is 0.309 e. The van der Waals surface area contributed by atoms with Crippen LogP contribution in [-0.4, -0.2) is 27.9 Å². The summed E-state index contributed by atoms with van der Waals surface area (Å²) in [6, 6.07) is 29.7. The van der Waals surface area contributed by atoms with Gasteiger partial charge in [0.15, 0.2) is 12.3 Å². The third kappa shape index (κ3) is 3.73. The minimum absolute atomic E-state index is 0.123. The van der Waals surface area contributed by atoms with Crippen LogP contribution in [0.25, 0.3) is 0 Å². The second-order valence-corrected chi connectivity index (χ2v) is 7.80. The summed E-state index contributed by atoms with van der Waals surface area (Å²) in [6.07, 6.45) is 1.89. The number of carboxylic acids is 1. The molecule has 0 spiro atoms. The molecule has 4 rings (SSSR count). The highest BCUT2D eigenvalue weighted by Gasteiger charge is 2.49. The zero-order chi connectivity index (χ0) is 20.3. The van der Waals surface area contributed by atoms with E-state index in [0.717, 1.165) is 18.5 Å². The van der Waals surface area contributed by atoms with Crippen molar-refractivity contribution >= 4 is 17.4 Å². The molecule has 0 atom stereocenters. The van der Waals surface area contributed by atoms with Crippen LogP contribution >= 0.6 is 0 Å². The zero-order valence-corrected chi connectivity index (χ0v) is 16.7. The molecular formula is C26H26NO2+. The summed E-state index contributed by atoms with van der Waals surface area (Å²) in [5.41, 5.74) is 6.04. The Morgan fingerprint density at radius 2 is 1.34 bits per heavy atom. The van der Waals surface area contributed by atoms with Crippen LogP contribution in [0.4, 0.5) is 5.69 Å². The first-order valence-corrected chi connectivity index (χ1v) is 10.1. The first kappa shape index (κ1) is 19.1.